The van der Waals surface area contributed by atoms with Crippen LogP contribution in [0.5, 0.6) is 5.75 Å². The fraction of sp³-hybridized carbons (Fsp3) is 0.455. The third-order valence-electron chi connectivity index (χ3n) is 2.38. The molecule has 1 unspecified atom stereocenters. The number of methoxy groups -OCH3 is 1. The summed E-state index contributed by atoms with van der Waals surface area (Å²) in [4.78, 5) is 0. The van der Waals surface area contributed by atoms with E-state index in [0.717, 1.165) is 5.75 Å². The average Bonchev–Trinajstić information content (AvgIpc) is 2.16. The quantitative estimate of drug-likeness (QED) is 0.768. The first-order valence-electron chi connectivity index (χ1n) is 4.51. The molecule has 0 spiro atoms. The summed E-state index contributed by atoms with van der Waals surface area (Å²) < 4.78 is 5.14. The highest BCUT2D eigenvalue weighted by molar-refractivity contribution is 5.36. The number of hydrogen-bond donors (Lipinski definition) is 1. The van der Waals surface area contributed by atoms with Crippen molar-refractivity contribution in [2.24, 2.45) is 0 Å². The number of benzene rings is 1. The second kappa shape index (κ2) is 4.28. The van der Waals surface area contributed by atoms with Crippen molar-refractivity contribution in [3.8, 4) is 5.75 Å². The SMILES string of the molecule is CNC(C)c1ccc(OC)cc1C. The summed E-state index contributed by atoms with van der Waals surface area (Å²) >= 11 is 0. The van der Waals surface area contributed by atoms with E-state index in [0.29, 0.717) is 6.04 Å². The van der Waals surface area contributed by atoms with E-state index in [4.69, 9.17) is 4.74 Å². The molecule has 1 aromatic carbocycles. The molecule has 1 atom stereocenters. The van der Waals surface area contributed by atoms with Crippen molar-refractivity contribution in [3.05, 3.63) is 29.3 Å². The molecule has 1 aromatic rings. The smallest absolute Gasteiger partial charge is 0.119 e. The van der Waals surface area contributed by atoms with Crippen molar-refractivity contribution < 1.29 is 4.74 Å². The van der Waals surface area contributed by atoms with E-state index in [2.05, 4.69) is 31.3 Å². The van der Waals surface area contributed by atoms with Gasteiger partial charge in [0.25, 0.3) is 0 Å². The van der Waals surface area contributed by atoms with Gasteiger partial charge in [0.05, 0.1) is 7.11 Å². The molecule has 2 heteroatoms. The van der Waals surface area contributed by atoms with Crippen LogP contribution < -0.4 is 10.1 Å². The second-order valence-corrected chi connectivity index (χ2v) is 3.23. The van der Waals surface area contributed by atoms with Crippen LogP contribution in [0.4, 0.5) is 0 Å². The third kappa shape index (κ3) is 2.22. The van der Waals surface area contributed by atoms with Gasteiger partial charge in [-0.15, -0.1) is 0 Å². The lowest BCUT2D eigenvalue weighted by atomic mass is 10.0. The van der Waals surface area contributed by atoms with Crippen LogP contribution in [0.15, 0.2) is 18.2 Å². The number of nitrogens with one attached hydrogen (secondary N) is 1. The Morgan fingerprint density at radius 1 is 1.38 bits per heavy atom. The Kier molecular flexibility index (Phi) is 3.32. The minimum absolute atomic E-state index is 0.394. The summed E-state index contributed by atoms with van der Waals surface area (Å²) in [5.41, 5.74) is 2.59. The zero-order valence-corrected chi connectivity index (χ0v) is 8.72. The van der Waals surface area contributed by atoms with Crippen molar-refractivity contribution in [1.29, 1.82) is 0 Å². The number of ether oxygens (including phenoxy) is 1. The Hall–Kier alpha value is -1.02. The summed E-state index contributed by atoms with van der Waals surface area (Å²) in [6.07, 6.45) is 0. The van der Waals surface area contributed by atoms with Crippen LogP contribution in [0.25, 0.3) is 0 Å². The van der Waals surface area contributed by atoms with Gasteiger partial charge in [-0.05, 0) is 44.2 Å². The van der Waals surface area contributed by atoms with E-state index in [1.807, 2.05) is 13.1 Å². The Labute approximate surface area is 79.9 Å². The molecule has 0 radical (unpaired) electrons. The molecule has 0 amide bonds. The maximum Gasteiger partial charge on any atom is 0.119 e. The van der Waals surface area contributed by atoms with Crippen LogP contribution in [0.1, 0.15) is 24.1 Å². The largest absolute Gasteiger partial charge is 0.497 e. The van der Waals surface area contributed by atoms with Gasteiger partial charge in [0.1, 0.15) is 5.75 Å². The van der Waals surface area contributed by atoms with Gasteiger partial charge < -0.3 is 10.1 Å². The van der Waals surface area contributed by atoms with E-state index in [9.17, 15) is 0 Å². The molecule has 0 aliphatic heterocycles. The zero-order chi connectivity index (χ0) is 9.84. The van der Waals surface area contributed by atoms with Gasteiger partial charge in [-0.25, -0.2) is 0 Å². The van der Waals surface area contributed by atoms with Crippen molar-refractivity contribution in [2.45, 2.75) is 19.9 Å². The van der Waals surface area contributed by atoms with Gasteiger partial charge in [-0.1, -0.05) is 6.07 Å². The molecule has 0 saturated heterocycles. The molecule has 0 fully saturated rings. The minimum atomic E-state index is 0.394. The van der Waals surface area contributed by atoms with Crippen LogP contribution in [-0.2, 0) is 0 Å². The standard InChI is InChI=1S/C11H17NO/c1-8-7-10(13-4)5-6-11(8)9(2)12-3/h5-7,9,12H,1-4H3. The lowest BCUT2D eigenvalue weighted by Crippen LogP contribution is -2.13. The van der Waals surface area contributed by atoms with Crippen LogP contribution in [-0.4, -0.2) is 14.2 Å². The summed E-state index contributed by atoms with van der Waals surface area (Å²) in [6, 6.07) is 6.56. The Bertz CT molecular complexity index is 283. The summed E-state index contributed by atoms with van der Waals surface area (Å²) in [6.45, 7) is 4.25. The molecule has 0 aromatic heterocycles. The molecule has 2 nitrogen and oxygen atoms in total. The first-order valence-corrected chi connectivity index (χ1v) is 4.51. The van der Waals surface area contributed by atoms with Gasteiger partial charge in [-0.3, -0.25) is 0 Å². The van der Waals surface area contributed by atoms with Crippen LogP contribution in [0, 0.1) is 6.92 Å². The van der Waals surface area contributed by atoms with E-state index in [-0.39, 0.29) is 0 Å². The molecular formula is C11H17NO. The fourth-order valence-electron chi connectivity index (χ4n) is 1.42. The normalized spacial score (nSPS) is 12.6. The minimum Gasteiger partial charge on any atom is -0.497 e. The second-order valence-electron chi connectivity index (χ2n) is 3.23. The average molecular weight is 179 g/mol. The summed E-state index contributed by atoms with van der Waals surface area (Å²) in [5, 5.41) is 3.22. The van der Waals surface area contributed by atoms with Crippen molar-refractivity contribution in [3.63, 3.8) is 0 Å². The monoisotopic (exact) mass is 179 g/mol. The van der Waals surface area contributed by atoms with Gasteiger partial charge in [-0.2, -0.15) is 0 Å². The highest BCUT2D eigenvalue weighted by atomic mass is 16.5. The predicted octanol–water partition coefficient (Wildman–Crippen LogP) is 2.28. The van der Waals surface area contributed by atoms with Gasteiger partial charge >= 0.3 is 0 Å². The van der Waals surface area contributed by atoms with Crippen LogP contribution >= 0.6 is 0 Å². The van der Waals surface area contributed by atoms with E-state index >= 15 is 0 Å². The Morgan fingerprint density at radius 2 is 2.08 bits per heavy atom. The maximum absolute atomic E-state index is 5.14. The van der Waals surface area contributed by atoms with E-state index < -0.39 is 0 Å². The van der Waals surface area contributed by atoms with Crippen molar-refractivity contribution in [1.82, 2.24) is 5.32 Å². The van der Waals surface area contributed by atoms with E-state index in [1.54, 1.807) is 7.11 Å². The molecule has 1 N–H and O–H groups in total. The molecule has 1 rings (SSSR count). The molecule has 0 heterocycles. The lowest BCUT2D eigenvalue weighted by molar-refractivity contribution is 0.414. The first-order chi connectivity index (χ1) is 6.19. The number of aryl methyl sites for hydroxylation is 1. The number of rotatable bonds is 3. The fourth-order valence-corrected chi connectivity index (χ4v) is 1.42. The van der Waals surface area contributed by atoms with Crippen molar-refractivity contribution >= 4 is 0 Å². The van der Waals surface area contributed by atoms with Gasteiger partial charge in [0, 0.05) is 6.04 Å². The molecule has 0 bridgehead atoms. The van der Waals surface area contributed by atoms with Crippen molar-refractivity contribution in [2.75, 3.05) is 14.2 Å². The van der Waals surface area contributed by atoms with Crippen LogP contribution in [0.3, 0.4) is 0 Å². The topological polar surface area (TPSA) is 21.3 Å². The van der Waals surface area contributed by atoms with Gasteiger partial charge in [0.2, 0.25) is 0 Å². The summed E-state index contributed by atoms with van der Waals surface area (Å²) in [7, 11) is 3.66. The predicted molar refractivity (Wildman–Crippen MR) is 55.2 cm³/mol. The van der Waals surface area contributed by atoms with Crippen LogP contribution in [0.2, 0.25) is 0 Å². The Morgan fingerprint density at radius 3 is 2.54 bits per heavy atom. The molecule has 0 saturated carbocycles. The lowest BCUT2D eigenvalue weighted by Gasteiger charge is -2.14. The molecular weight excluding hydrogens is 162 g/mol. The molecule has 0 aliphatic rings. The zero-order valence-electron chi connectivity index (χ0n) is 8.72. The highest BCUT2D eigenvalue weighted by Crippen LogP contribution is 2.21. The number of hydrogen-bond acceptors (Lipinski definition) is 2. The maximum atomic E-state index is 5.14. The molecule has 13 heavy (non-hydrogen) atoms. The Balaban J connectivity index is 2.98. The summed E-state index contributed by atoms with van der Waals surface area (Å²) in [5.74, 6) is 0.921. The van der Waals surface area contributed by atoms with Gasteiger partial charge in [0.15, 0.2) is 0 Å². The van der Waals surface area contributed by atoms with E-state index in [1.165, 1.54) is 11.1 Å². The molecule has 0 aliphatic carbocycles. The highest BCUT2D eigenvalue weighted by Gasteiger charge is 2.05. The molecule has 72 valence electrons. The third-order valence-corrected chi connectivity index (χ3v) is 2.38. The first kappa shape index (κ1) is 10.1.